The second kappa shape index (κ2) is 10.0. The van der Waals surface area contributed by atoms with Crippen molar-refractivity contribution in [2.45, 2.75) is 39.1 Å². The van der Waals surface area contributed by atoms with Crippen LogP contribution in [0.2, 0.25) is 0 Å². The number of halogens is 3. The first-order valence-electron chi connectivity index (χ1n) is 10.4. The minimum atomic E-state index is -4.30. The Morgan fingerprint density at radius 3 is 2.71 bits per heavy atom. The SMILES string of the molecule is OCCN1CCNCC1CCCN1c2ccccc2Sc2ccc(SC(F)(F)F)cc21. The highest BCUT2D eigenvalue weighted by Gasteiger charge is 2.31. The normalized spacial score (nSPS) is 19.2. The molecule has 0 aromatic heterocycles. The van der Waals surface area contributed by atoms with Crippen molar-refractivity contribution in [3.63, 3.8) is 0 Å². The van der Waals surface area contributed by atoms with Gasteiger partial charge in [-0.3, -0.25) is 4.90 Å². The zero-order valence-corrected chi connectivity index (χ0v) is 18.7. The van der Waals surface area contributed by atoms with Crippen LogP contribution in [-0.4, -0.2) is 60.9 Å². The molecule has 0 radical (unpaired) electrons. The fourth-order valence-electron chi connectivity index (χ4n) is 4.24. The predicted octanol–water partition coefficient (Wildman–Crippen LogP) is 4.95. The van der Waals surface area contributed by atoms with E-state index in [1.807, 2.05) is 18.2 Å². The summed E-state index contributed by atoms with van der Waals surface area (Å²) >= 11 is 1.54. The molecule has 0 spiro atoms. The predicted molar refractivity (Wildman–Crippen MR) is 120 cm³/mol. The standard InChI is InChI=1S/C22H26F3N3OS2/c23-22(24,25)31-17-7-8-21-19(14-17)28(18-5-1-2-6-20(18)30-21)10-3-4-16-15-26-9-11-27(16)12-13-29/h1-2,5-8,14,16,26,29H,3-4,9-13,15H2. The third kappa shape index (κ3) is 5.70. The van der Waals surface area contributed by atoms with Gasteiger partial charge in [0.05, 0.1) is 18.0 Å². The lowest BCUT2D eigenvalue weighted by atomic mass is 10.1. The number of fused-ring (bicyclic) bond motifs is 2. The van der Waals surface area contributed by atoms with Gasteiger partial charge in [-0.25, -0.2) is 0 Å². The first-order chi connectivity index (χ1) is 14.9. The number of aliphatic hydroxyl groups is 1. The Morgan fingerprint density at radius 1 is 1.10 bits per heavy atom. The van der Waals surface area contributed by atoms with Gasteiger partial charge in [0, 0.05) is 53.5 Å². The fourth-order valence-corrected chi connectivity index (χ4v) is 5.89. The van der Waals surface area contributed by atoms with E-state index in [0.717, 1.165) is 60.2 Å². The number of hydrogen-bond acceptors (Lipinski definition) is 6. The third-order valence-electron chi connectivity index (χ3n) is 5.61. The summed E-state index contributed by atoms with van der Waals surface area (Å²) in [5.41, 5.74) is -2.42. The molecule has 0 saturated carbocycles. The molecule has 2 aliphatic heterocycles. The van der Waals surface area contributed by atoms with Crippen LogP contribution in [0.15, 0.2) is 57.2 Å². The summed E-state index contributed by atoms with van der Waals surface area (Å²) in [4.78, 5) is 6.79. The molecule has 2 aliphatic rings. The fraction of sp³-hybridized carbons (Fsp3) is 0.455. The van der Waals surface area contributed by atoms with Crippen molar-refractivity contribution in [3.8, 4) is 0 Å². The molecule has 0 aliphatic carbocycles. The summed E-state index contributed by atoms with van der Waals surface area (Å²) in [7, 11) is 0. The number of anilines is 2. The minimum Gasteiger partial charge on any atom is -0.395 e. The number of nitrogens with one attached hydrogen (secondary N) is 1. The molecule has 0 bridgehead atoms. The van der Waals surface area contributed by atoms with Crippen LogP contribution in [0.3, 0.4) is 0 Å². The highest BCUT2D eigenvalue weighted by atomic mass is 32.2. The van der Waals surface area contributed by atoms with Gasteiger partial charge >= 0.3 is 5.51 Å². The number of rotatable bonds is 7. The Kier molecular flexibility index (Phi) is 7.38. The highest BCUT2D eigenvalue weighted by molar-refractivity contribution is 8.00. The maximum absolute atomic E-state index is 12.9. The number of alkyl halides is 3. The van der Waals surface area contributed by atoms with E-state index in [1.54, 1.807) is 30.0 Å². The van der Waals surface area contributed by atoms with E-state index in [2.05, 4.69) is 21.2 Å². The molecule has 31 heavy (non-hydrogen) atoms. The van der Waals surface area contributed by atoms with Crippen LogP contribution in [0, 0.1) is 0 Å². The monoisotopic (exact) mass is 469 g/mol. The Balaban J connectivity index is 1.53. The van der Waals surface area contributed by atoms with Crippen molar-refractivity contribution in [2.75, 3.05) is 44.2 Å². The Labute approximate surface area is 189 Å². The van der Waals surface area contributed by atoms with Gasteiger partial charge in [0.2, 0.25) is 0 Å². The van der Waals surface area contributed by atoms with Crippen LogP contribution in [0.5, 0.6) is 0 Å². The molecule has 168 valence electrons. The average Bonchev–Trinajstić information content (AvgIpc) is 2.74. The van der Waals surface area contributed by atoms with Gasteiger partial charge in [0.1, 0.15) is 0 Å². The summed E-state index contributed by atoms with van der Waals surface area (Å²) in [5.74, 6) is 0. The number of nitrogens with zero attached hydrogens (tertiary/aromatic N) is 2. The van der Waals surface area contributed by atoms with Crippen molar-refractivity contribution >= 4 is 34.9 Å². The van der Waals surface area contributed by atoms with Crippen LogP contribution in [-0.2, 0) is 0 Å². The van der Waals surface area contributed by atoms with Gasteiger partial charge in [-0.1, -0.05) is 23.9 Å². The molecule has 1 atom stereocenters. The molecule has 1 saturated heterocycles. The van der Waals surface area contributed by atoms with Gasteiger partial charge < -0.3 is 15.3 Å². The topological polar surface area (TPSA) is 38.7 Å². The van der Waals surface area contributed by atoms with E-state index in [0.29, 0.717) is 12.6 Å². The summed E-state index contributed by atoms with van der Waals surface area (Å²) in [6.07, 6.45) is 1.87. The summed E-state index contributed by atoms with van der Waals surface area (Å²) in [6, 6.07) is 13.4. The van der Waals surface area contributed by atoms with Crippen molar-refractivity contribution in [2.24, 2.45) is 0 Å². The van der Waals surface area contributed by atoms with Gasteiger partial charge in [0.25, 0.3) is 0 Å². The van der Waals surface area contributed by atoms with Crippen LogP contribution in [0.4, 0.5) is 24.5 Å². The molecule has 1 unspecified atom stereocenters. The molecule has 1 fully saturated rings. The van der Waals surface area contributed by atoms with E-state index in [-0.39, 0.29) is 23.3 Å². The van der Waals surface area contributed by atoms with Crippen LogP contribution in [0.25, 0.3) is 0 Å². The van der Waals surface area contributed by atoms with Gasteiger partial charge in [0.15, 0.2) is 0 Å². The second-order valence-corrected chi connectivity index (χ2v) is 9.88. The molecule has 4 nitrogen and oxygen atoms in total. The van der Waals surface area contributed by atoms with Crippen LogP contribution in [0.1, 0.15) is 12.8 Å². The van der Waals surface area contributed by atoms with Crippen LogP contribution >= 0.6 is 23.5 Å². The number of thioether (sulfide) groups is 1. The molecule has 2 heterocycles. The number of para-hydroxylation sites is 1. The van der Waals surface area contributed by atoms with Crippen molar-refractivity contribution in [1.82, 2.24) is 10.2 Å². The Hall–Kier alpha value is -1.39. The number of benzene rings is 2. The molecular weight excluding hydrogens is 443 g/mol. The van der Waals surface area contributed by atoms with E-state index >= 15 is 0 Å². The van der Waals surface area contributed by atoms with E-state index in [1.165, 1.54) is 0 Å². The second-order valence-electron chi connectivity index (χ2n) is 7.66. The molecule has 2 aromatic carbocycles. The lowest BCUT2D eigenvalue weighted by molar-refractivity contribution is -0.0328. The molecule has 2 N–H and O–H groups in total. The average molecular weight is 470 g/mol. The first kappa shape index (κ1) is 22.8. The number of piperazine rings is 1. The number of aliphatic hydroxyl groups excluding tert-OH is 1. The highest BCUT2D eigenvalue weighted by Crippen LogP contribution is 2.50. The van der Waals surface area contributed by atoms with Crippen molar-refractivity contribution in [1.29, 1.82) is 0 Å². The molecular formula is C22H26F3N3OS2. The first-order valence-corrected chi connectivity index (χ1v) is 12.1. The maximum atomic E-state index is 12.9. The zero-order chi connectivity index (χ0) is 21.8. The van der Waals surface area contributed by atoms with Gasteiger partial charge in [-0.15, -0.1) is 0 Å². The minimum absolute atomic E-state index is 0.0653. The lowest BCUT2D eigenvalue weighted by Gasteiger charge is -2.37. The number of β-amino-alcohol motifs (C(OH)–C–C–N with tert-alkyl or cyclic N) is 1. The van der Waals surface area contributed by atoms with Gasteiger partial charge in [-0.2, -0.15) is 13.2 Å². The number of hydrogen-bond donors (Lipinski definition) is 2. The summed E-state index contributed by atoms with van der Waals surface area (Å²) in [6.45, 7) is 4.32. The molecule has 9 heteroatoms. The van der Waals surface area contributed by atoms with Crippen molar-refractivity contribution < 1.29 is 18.3 Å². The van der Waals surface area contributed by atoms with E-state index in [9.17, 15) is 18.3 Å². The Bertz CT molecular complexity index is 895. The largest absolute Gasteiger partial charge is 0.446 e. The molecule has 4 rings (SSSR count). The maximum Gasteiger partial charge on any atom is 0.446 e. The quantitative estimate of drug-likeness (QED) is 0.560. The summed E-state index contributed by atoms with van der Waals surface area (Å²) < 4.78 is 38.8. The van der Waals surface area contributed by atoms with E-state index < -0.39 is 5.51 Å². The summed E-state index contributed by atoms with van der Waals surface area (Å²) in [5, 5.41) is 12.8. The third-order valence-corrected chi connectivity index (χ3v) is 7.46. The smallest absolute Gasteiger partial charge is 0.395 e. The Morgan fingerprint density at radius 2 is 1.90 bits per heavy atom. The van der Waals surface area contributed by atoms with Crippen LogP contribution < -0.4 is 10.2 Å². The zero-order valence-electron chi connectivity index (χ0n) is 17.1. The van der Waals surface area contributed by atoms with Crippen molar-refractivity contribution in [3.05, 3.63) is 42.5 Å². The lowest BCUT2D eigenvalue weighted by Crippen LogP contribution is -2.52. The van der Waals surface area contributed by atoms with E-state index in [4.69, 9.17) is 0 Å². The molecule has 0 amide bonds. The van der Waals surface area contributed by atoms with Gasteiger partial charge in [-0.05, 0) is 54.9 Å². The molecule has 2 aromatic rings.